The third-order valence-corrected chi connectivity index (χ3v) is 3.46. The Morgan fingerprint density at radius 3 is 2.62 bits per heavy atom. The number of nitrogens with zero attached hydrogens (tertiary/aromatic N) is 2. The van der Waals surface area contributed by atoms with Gasteiger partial charge in [0, 0.05) is 24.7 Å². The molecule has 0 bridgehead atoms. The molecule has 1 aromatic heterocycles. The normalized spacial score (nSPS) is 10.7. The molecule has 0 saturated heterocycles. The van der Waals surface area contributed by atoms with Crippen molar-refractivity contribution >= 4 is 10.8 Å². The van der Waals surface area contributed by atoms with Crippen LogP contribution in [0.3, 0.4) is 0 Å². The van der Waals surface area contributed by atoms with Crippen molar-refractivity contribution in [1.82, 2.24) is 15.3 Å². The summed E-state index contributed by atoms with van der Waals surface area (Å²) in [5.74, 6) is 0.908. The Morgan fingerprint density at radius 2 is 1.86 bits per heavy atom. The third-order valence-electron chi connectivity index (χ3n) is 3.46. The molecular weight excluding hydrogens is 262 g/mol. The number of benzene rings is 2. The van der Waals surface area contributed by atoms with Crippen molar-refractivity contribution in [3.05, 3.63) is 66.2 Å². The highest BCUT2D eigenvalue weighted by atomic mass is 16.5. The minimum Gasteiger partial charge on any atom is -0.496 e. The first-order chi connectivity index (χ1) is 10.4. The average Bonchev–Trinajstić information content (AvgIpc) is 2.56. The summed E-state index contributed by atoms with van der Waals surface area (Å²) in [6, 6.07) is 14.3. The molecule has 0 unspecified atom stereocenters. The first kappa shape index (κ1) is 13.5. The zero-order valence-corrected chi connectivity index (χ0v) is 11.9. The van der Waals surface area contributed by atoms with Crippen LogP contribution in [0.1, 0.15) is 11.3 Å². The molecular formula is C17H17N3O. The quantitative estimate of drug-likeness (QED) is 0.780. The Bertz CT molecular complexity index is 728. The van der Waals surface area contributed by atoms with Crippen molar-refractivity contribution in [2.24, 2.45) is 0 Å². The van der Waals surface area contributed by atoms with Crippen molar-refractivity contribution in [2.75, 3.05) is 7.11 Å². The van der Waals surface area contributed by atoms with Crippen molar-refractivity contribution in [3.8, 4) is 5.75 Å². The first-order valence-electron chi connectivity index (χ1n) is 6.88. The Morgan fingerprint density at radius 1 is 1.00 bits per heavy atom. The van der Waals surface area contributed by atoms with E-state index in [9.17, 15) is 0 Å². The van der Waals surface area contributed by atoms with E-state index in [4.69, 9.17) is 4.74 Å². The number of hydrogen-bond acceptors (Lipinski definition) is 4. The van der Waals surface area contributed by atoms with Crippen LogP contribution in [-0.4, -0.2) is 17.1 Å². The molecule has 0 radical (unpaired) electrons. The molecule has 4 nitrogen and oxygen atoms in total. The van der Waals surface area contributed by atoms with E-state index in [1.165, 1.54) is 10.9 Å². The number of ether oxygens (including phenoxy) is 1. The van der Waals surface area contributed by atoms with Gasteiger partial charge in [-0.2, -0.15) is 0 Å². The van der Waals surface area contributed by atoms with E-state index in [0.29, 0.717) is 0 Å². The van der Waals surface area contributed by atoms with Crippen LogP contribution in [0.5, 0.6) is 5.75 Å². The Balaban J connectivity index is 1.78. The van der Waals surface area contributed by atoms with E-state index in [0.717, 1.165) is 29.9 Å². The molecule has 0 atom stereocenters. The molecule has 0 aliphatic heterocycles. The highest BCUT2D eigenvalue weighted by Gasteiger charge is 2.05. The lowest BCUT2D eigenvalue weighted by Crippen LogP contribution is -2.14. The Labute approximate surface area is 123 Å². The predicted molar refractivity (Wildman–Crippen MR) is 83.1 cm³/mol. The summed E-state index contributed by atoms with van der Waals surface area (Å²) in [6.07, 6.45) is 3.33. The van der Waals surface area contributed by atoms with Gasteiger partial charge in [0.15, 0.2) is 0 Å². The standard InChI is InChI=1S/C17H17N3O/c1-21-17-7-6-13(15-4-2-3-5-16(15)17)10-19-11-14-8-9-18-12-20-14/h2-9,12,19H,10-11H2,1H3. The van der Waals surface area contributed by atoms with Crippen LogP contribution in [0.15, 0.2) is 55.0 Å². The van der Waals surface area contributed by atoms with E-state index in [1.807, 2.05) is 18.2 Å². The van der Waals surface area contributed by atoms with Gasteiger partial charge in [0.05, 0.1) is 12.8 Å². The van der Waals surface area contributed by atoms with Gasteiger partial charge in [-0.25, -0.2) is 9.97 Å². The van der Waals surface area contributed by atoms with Crippen LogP contribution in [0.2, 0.25) is 0 Å². The maximum absolute atomic E-state index is 5.42. The molecule has 0 saturated carbocycles. The van der Waals surface area contributed by atoms with Gasteiger partial charge in [0.25, 0.3) is 0 Å². The maximum atomic E-state index is 5.42. The molecule has 1 heterocycles. The third kappa shape index (κ3) is 3.01. The highest BCUT2D eigenvalue weighted by Crippen LogP contribution is 2.28. The van der Waals surface area contributed by atoms with Crippen molar-refractivity contribution in [3.63, 3.8) is 0 Å². The van der Waals surface area contributed by atoms with E-state index in [1.54, 1.807) is 19.6 Å². The van der Waals surface area contributed by atoms with Crippen molar-refractivity contribution < 1.29 is 4.74 Å². The molecule has 0 amide bonds. The lowest BCUT2D eigenvalue weighted by molar-refractivity contribution is 0.419. The predicted octanol–water partition coefficient (Wildman–Crippen LogP) is 2.93. The molecule has 0 aliphatic rings. The number of fused-ring (bicyclic) bond motifs is 1. The zero-order valence-electron chi connectivity index (χ0n) is 11.9. The molecule has 1 N–H and O–H groups in total. The molecule has 0 spiro atoms. The first-order valence-corrected chi connectivity index (χ1v) is 6.88. The van der Waals surface area contributed by atoms with Gasteiger partial charge >= 0.3 is 0 Å². The van der Waals surface area contributed by atoms with Crippen LogP contribution in [0, 0.1) is 0 Å². The summed E-state index contributed by atoms with van der Waals surface area (Å²) in [7, 11) is 1.70. The summed E-state index contributed by atoms with van der Waals surface area (Å²) < 4.78 is 5.42. The van der Waals surface area contributed by atoms with Crippen LogP contribution < -0.4 is 10.1 Å². The highest BCUT2D eigenvalue weighted by molar-refractivity contribution is 5.91. The molecule has 3 aromatic rings. The second-order valence-corrected chi connectivity index (χ2v) is 4.78. The van der Waals surface area contributed by atoms with Crippen LogP contribution >= 0.6 is 0 Å². The largest absolute Gasteiger partial charge is 0.496 e. The molecule has 4 heteroatoms. The number of aromatic nitrogens is 2. The molecule has 106 valence electrons. The number of rotatable bonds is 5. The minimum atomic E-state index is 0.725. The average molecular weight is 279 g/mol. The number of methoxy groups -OCH3 is 1. The Kier molecular flexibility index (Phi) is 4.07. The number of nitrogens with one attached hydrogen (secondary N) is 1. The molecule has 2 aromatic carbocycles. The van der Waals surface area contributed by atoms with Crippen molar-refractivity contribution in [2.45, 2.75) is 13.1 Å². The van der Waals surface area contributed by atoms with Crippen LogP contribution in [0.25, 0.3) is 10.8 Å². The van der Waals surface area contributed by atoms with Crippen LogP contribution in [-0.2, 0) is 13.1 Å². The van der Waals surface area contributed by atoms with Gasteiger partial charge in [-0.15, -0.1) is 0 Å². The molecule has 21 heavy (non-hydrogen) atoms. The van der Waals surface area contributed by atoms with E-state index in [2.05, 4.69) is 39.6 Å². The molecule has 0 aliphatic carbocycles. The summed E-state index contributed by atoms with van der Waals surface area (Å²) in [6.45, 7) is 1.51. The van der Waals surface area contributed by atoms with Gasteiger partial charge in [-0.1, -0.05) is 30.3 Å². The van der Waals surface area contributed by atoms with E-state index < -0.39 is 0 Å². The summed E-state index contributed by atoms with van der Waals surface area (Å²) in [5.41, 5.74) is 2.24. The fourth-order valence-electron chi connectivity index (χ4n) is 2.41. The lowest BCUT2D eigenvalue weighted by Gasteiger charge is -2.11. The number of hydrogen-bond donors (Lipinski definition) is 1. The SMILES string of the molecule is COc1ccc(CNCc2ccncn2)c2ccccc12. The lowest BCUT2D eigenvalue weighted by atomic mass is 10.0. The second-order valence-electron chi connectivity index (χ2n) is 4.78. The fraction of sp³-hybridized carbons (Fsp3) is 0.176. The minimum absolute atomic E-state index is 0.725. The summed E-state index contributed by atoms with van der Waals surface area (Å²) >= 11 is 0. The zero-order chi connectivity index (χ0) is 14.5. The summed E-state index contributed by atoms with van der Waals surface area (Å²) in [4.78, 5) is 8.12. The molecule has 0 fully saturated rings. The van der Waals surface area contributed by atoms with E-state index in [-0.39, 0.29) is 0 Å². The fourth-order valence-corrected chi connectivity index (χ4v) is 2.41. The van der Waals surface area contributed by atoms with Gasteiger partial charge < -0.3 is 10.1 Å². The smallest absolute Gasteiger partial charge is 0.126 e. The van der Waals surface area contributed by atoms with E-state index >= 15 is 0 Å². The summed E-state index contributed by atoms with van der Waals surface area (Å²) in [5, 5.41) is 5.77. The van der Waals surface area contributed by atoms with Gasteiger partial charge in [0.2, 0.25) is 0 Å². The monoisotopic (exact) mass is 279 g/mol. The second kappa shape index (κ2) is 6.33. The van der Waals surface area contributed by atoms with Gasteiger partial charge in [-0.05, 0) is 23.1 Å². The van der Waals surface area contributed by atoms with Gasteiger partial charge in [-0.3, -0.25) is 0 Å². The topological polar surface area (TPSA) is 47.0 Å². The Hall–Kier alpha value is -2.46. The van der Waals surface area contributed by atoms with Crippen LogP contribution in [0.4, 0.5) is 0 Å². The van der Waals surface area contributed by atoms with Crippen molar-refractivity contribution in [1.29, 1.82) is 0 Å². The van der Waals surface area contributed by atoms with Gasteiger partial charge in [0.1, 0.15) is 12.1 Å². The maximum Gasteiger partial charge on any atom is 0.126 e. The molecule has 3 rings (SSSR count).